The van der Waals surface area contributed by atoms with E-state index < -0.39 is 0 Å². The Kier molecular flexibility index (Phi) is 5.01. The molecular formula is C17H20Cl2N4O. The van der Waals surface area contributed by atoms with Gasteiger partial charge in [0, 0.05) is 29.7 Å². The standard InChI is InChI=1S/C17H20Cl2N4O/c1-10-9-20-22-16(10)12-5-7-23(8-6-12)17(24)21-14-4-3-13(18)11(2)15(14)19/h3-4,9,12H,5-8H2,1-2H3,(H,20,22)(H,21,24). The van der Waals surface area contributed by atoms with Crippen LogP contribution >= 0.6 is 23.2 Å². The molecule has 7 heteroatoms. The highest BCUT2D eigenvalue weighted by atomic mass is 35.5. The lowest BCUT2D eigenvalue weighted by molar-refractivity contribution is 0.194. The second kappa shape index (κ2) is 7.03. The van der Waals surface area contributed by atoms with E-state index in [1.165, 1.54) is 11.3 Å². The molecule has 1 aliphatic rings. The number of nitrogens with zero attached hydrogens (tertiary/aromatic N) is 2. The van der Waals surface area contributed by atoms with Crippen molar-refractivity contribution in [3.8, 4) is 0 Å². The van der Waals surface area contributed by atoms with Crippen LogP contribution in [0.5, 0.6) is 0 Å². The number of hydrogen-bond donors (Lipinski definition) is 2. The van der Waals surface area contributed by atoms with Gasteiger partial charge in [0.05, 0.1) is 16.9 Å². The summed E-state index contributed by atoms with van der Waals surface area (Å²) in [5, 5.41) is 11.1. The summed E-state index contributed by atoms with van der Waals surface area (Å²) in [6.07, 6.45) is 3.69. The third kappa shape index (κ3) is 3.37. The van der Waals surface area contributed by atoms with Gasteiger partial charge >= 0.3 is 6.03 Å². The second-order valence-electron chi connectivity index (χ2n) is 6.19. The number of aryl methyl sites for hydroxylation is 1. The van der Waals surface area contributed by atoms with Crippen LogP contribution in [0.2, 0.25) is 10.0 Å². The van der Waals surface area contributed by atoms with Crippen molar-refractivity contribution in [2.45, 2.75) is 32.6 Å². The molecule has 2 aromatic rings. The summed E-state index contributed by atoms with van der Waals surface area (Å²) >= 11 is 12.3. The largest absolute Gasteiger partial charge is 0.324 e. The van der Waals surface area contributed by atoms with Gasteiger partial charge in [-0.3, -0.25) is 5.10 Å². The van der Waals surface area contributed by atoms with Gasteiger partial charge in [-0.1, -0.05) is 23.2 Å². The van der Waals surface area contributed by atoms with E-state index in [4.69, 9.17) is 23.2 Å². The van der Waals surface area contributed by atoms with Crippen molar-refractivity contribution in [3.63, 3.8) is 0 Å². The molecule has 24 heavy (non-hydrogen) atoms. The van der Waals surface area contributed by atoms with Crippen molar-refractivity contribution < 1.29 is 4.79 Å². The first-order chi connectivity index (χ1) is 11.5. The maximum Gasteiger partial charge on any atom is 0.321 e. The van der Waals surface area contributed by atoms with Gasteiger partial charge in [0.25, 0.3) is 0 Å². The molecular weight excluding hydrogens is 347 g/mol. The summed E-state index contributed by atoms with van der Waals surface area (Å²) < 4.78 is 0. The Morgan fingerprint density at radius 1 is 1.29 bits per heavy atom. The average molecular weight is 367 g/mol. The van der Waals surface area contributed by atoms with Crippen molar-refractivity contribution >= 4 is 34.9 Å². The molecule has 1 aromatic carbocycles. The number of benzene rings is 1. The smallest absolute Gasteiger partial charge is 0.321 e. The van der Waals surface area contributed by atoms with E-state index in [1.807, 2.05) is 18.0 Å². The lowest BCUT2D eigenvalue weighted by Gasteiger charge is -2.32. The molecule has 2 N–H and O–H groups in total. The summed E-state index contributed by atoms with van der Waals surface area (Å²) in [6, 6.07) is 3.35. The van der Waals surface area contributed by atoms with Crippen molar-refractivity contribution in [2.24, 2.45) is 0 Å². The minimum atomic E-state index is -0.126. The van der Waals surface area contributed by atoms with Crippen LogP contribution < -0.4 is 5.32 Å². The van der Waals surface area contributed by atoms with Gasteiger partial charge in [-0.25, -0.2) is 4.79 Å². The Morgan fingerprint density at radius 2 is 2.00 bits per heavy atom. The third-order valence-electron chi connectivity index (χ3n) is 4.62. The Labute approximate surface area is 151 Å². The Bertz CT molecular complexity index is 751. The van der Waals surface area contributed by atoms with E-state index in [0.717, 1.165) is 18.4 Å². The number of halogens is 2. The molecule has 0 unspecified atom stereocenters. The molecule has 2 heterocycles. The van der Waals surface area contributed by atoms with E-state index in [0.29, 0.717) is 34.7 Å². The third-order valence-corrected chi connectivity index (χ3v) is 5.52. The summed E-state index contributed by atoms with van der Waals surface area (Å²) in [5.74, 6) is 0.429. The number of likely N-dealkylation sites (tertiary alicyclic amines) is 1. The first kappa shape index (κ1) is 17.1. The van der Waals surface area contributed by atoms with Gasteiger partial charge in [0.1, 0.15) is 0 Å². The maximum atomic E-state index is 12.5. The van der Waals surface area contributed by atoms with Crippen LogP contribution in [0.4, 0.5) is 10.5 Å². The second-order valence-corrected chi connectivity index (χ2v) is 6.98. The zero-order valence-electron chi connectivity index (χ0n) is 13.7. The molecule has 0 bridgehead atoms. The molecule has 0 radical (unpaired) electrons. The SMILES string of the molecule is Cc1cn[nH]c1C1CCN(C(=O)Nc2ccc(Cl)c(C)c2Cl)CC1. The van der Waals surface area contributed by atoms with Crippen molar-refractivity contribution in [2.75, 3.05) is 18.4 Å². The minimum Gasteiger partial charge on any atom is -0.324 e. The topological polar surface area (TPSA) is 61.0 Å². The normalized spacial score (nSPS) is 15.6. The van der Waals surface area contributed by atoms with Crippen LogP contribution in [0.25, 0.3) is 0 Å². The highest BCUT2D eigenvalue weighted by Gasteiger charge is 2.26. The first-order valence-corrected chi connectivity index (χ1v) is 8.73. The number of aromatic nitrogens is 2. The van der Waals surface area contributed by atoms with E-state index >= 15 is 0 Å². The van der Waals surface area contributed by atoms with E-state index in [-0.39, 0.29) is 6.03 Å². The van der Waals surface area contributed by atoms with Crippen molar-refractivity contribution in [3.05, 3.63) is 45.2 Å². The Morgan fingerprint density at radius 3 is 2.62 bits per heavy atom. The number of carbonyl (C=O) groups excluding carboxylic acids is 1. The van der Waals surface area contributed by atoms with Gasteiger partial charge in [-0.05, 0) is 49.9 Å². The fourth-order valence-electron chi connectivity index (χ4n) is 3.09. The van der Waals surface area contributed by atoms with Gasteiger partial charge < -0.3 is 10.2 Å². The predicted molar refractivity (Wildman–Crippen MR) is 97.1 cm³/mol. The number of anilines is 1. The number of H-pyrrole nitrogens is 1. The van der Waals surface area contributed by atoms with E-state index in [9.17, 15) is 4.79 Å². The predicted octanol–water partition coefficient (Wildman–Crippen LogP) is 4.74. The number of aromatic amines is 1. The Balaban J connectivity index is 1.62. The summed E-state index contributed by atoms with van der Waals surface area (Å²) in [5.41, 5.74) is 3.73. The number of carbonyl (C=O) groups is 1. The quantitative estimate of drug-likeness (QED) is 0.805. The van der Waals surface area contributed by atoms with Crippen LogP contribution in [0.3, 0.4) is 0 Å². The van der Waals surface area contributed by atoms with Crippen LogP contribution in [0.1, 0.15) is 35.6 Å². The molecule has 1 aromatic heterocycles. The molecule has 0 aliphatic carbocycles. The molecule has 128 valence electrons. The first-order valence-electron chi connectivity index (χ1n) is 7.97. The lowest BCUT2D eigenvalue weighted by Crippen LogP contribution is -2.40. The molecule has 0 saturated carbocycles. The zero-order valence-corrected chi connectivity index (χ0v) is 15.2. The van der Waals surface area contributed by atoms with Crippen LogP contribution in [0, 0.1) is 13.8 Å². The maximum absolute atomic E-state index is 12.5. The van der Waals surface area contributed by atoms with Gasteiger partial charge in [-0.15, -0.1) is 0 Å². The van der Waals surface area contributed by atoms with Gasteiger partial charge in [-0.2, -0.15) is 5.10 Å². The molecule has 3 rings (SSSR count). The Hall–Kier alpha value is -1.72. The van der Waals surface area contributed by atoms with Gasteiger partial charge in [0.15, 0.2) is 0 Å². The molecule has 1 aliphatic heterocycles. The molecule has 1 saturated heterocycles. The summed E-state index contributed by atoms with van der Waals surface area (Å²) in [7, 11) is 0. The van der Waals surface area contributed by atoms with E-state index in [2.05, 4.69) is 22.4 Å². The number of hydrogen-bond acceptors (Lipinski definition) is 2. The van der Waals surface area contributed by atoms with Gasteiger partial charge in [0.2, 0.25) is 0 Å². The number of piperidine rings is 1. The van der Waals surface area contributed by atoms with Crippen LogP contribution in [0.15, 0.2) is 18.3 Å². The molecule has 5 nitrogen and oxygen atoms in total. The fraction of sp³-hybridized carbons (Fsp3) is 0.412. The van der Waals surface area contributed by atoms with Crippen molar-refractivity contribution in [1.29, 1.82) is 0 Å². The lowest BCUT2D eigenvalue weighted by atomic mass is 9.92. The number of urea groups is 1. The van der Waals surface area contributed by atoms with Crippen LogP contribution in [-0.2, 0) is 0 Å². The molecule has 2 amide bonds. The number of rotatable bonds is 2. The monoisotopic (exact) mass is 366 g/mol. The van der Waals surface area contributed by atoms with Crippen LogP contribution in [-0.4, -0.2) is 34.2 Å². The van der Waals surface area contributed by atoms with Crippen molar-refractivity contribution in [1.82, 2.24) is 15.1 Å². The highest BCUT2D eigenvalue weighted by molar-refractivity contribution is 6.38. The summed E-state index contributed by atoms with van der Waals surface area (Å²) in [6.45, 7) is 5.31. The number of amides is 2. The molecule has 1 fully saturated rings. The minimum absolute atomic E-state index is 0.126. The average Bonchev–Trinajstić information content (AvgIpc) is 3.01. The number of nitrogens with one attached hydrogen (secondary N) is 2. The highest BCUT2D eigenvalue weighted by Crippen LogP contribution is 2.32. The van der Waals surface area contributed by atoms with E-state index in [1.54, 1.807) is 12.1 Å². The fourth-order valence-corrected chi connectivity index (χ4v) is 3.51. The molecule has 0 spiro atoms. The summed E-state index contributed by atoms with van der Waals surface area (Å²) in [4.78, 5) is 14.3. The molecule has 0 atom stereocenters. The zero-order chi connectivity index (χ0) is 17.3.